The summed E-state index contributed by atoms with van der Waals surface area (Å²) < 4.78 is 27.8. The van der Waals surface area contributed by atoms with Gasteiger partial charge in [0.2, 0.25) is 10.0 Å². The quantitative estimate of drug-likeness (QED) is 0.558. The summed E-state index contributed by atoms with van der Waals surface area (Å²) in [5.41, 5.74) is 5.83. The zero-order chi connectivity index (χ0) is 18.5. The SMILES string of the molecule is CC(C)(C)NS(=O)(=O)c1ccccc1CN=C(N)Nc1ccccn1. The Morgan fingerprint density at radius 3 is 2.48 bits per heavy atom. The van der Waals surface area contributed by atoms with Crippen LogP contribution in [0.5, 0.6) is 0 Å². The normalized spacial score (nSPS) is 12.8. The molecule has 25 heavy (non-hydrogen) atoms. The van der Waals surface area contributed by atoms with E-state index in [1.807, 2.05) is 6.07 Å². The Hall–Kier alpha value is -2.45. The van der Waals surface area contributed by atoms with Gasteiger partial charge in [0.05, 0.1) is 11.4 Å². The highest BCUT2D eigenvalue weighted by Gasteiger charge is 2.24. The summed E-state index contributed by atoms with van der Waals surface area (Å²) in [5.74, 6) is 0.730. The van der Waals surface area contributed by atoms with Crippen molar-refractivity contribution in [3.05, 3.63) is 54.2 Å². The minimum absolute atomic E-state index is 0.132. The van der Waals surface area contributed by atoms with E-state index >= 15 is 0 Å². The second-order valence-electron chi connectivity index (χ2n) is 6.50. The number of sulfonamides is 1. The van der Waals surface area contributed by atoms with E-state index in [-0.39, 0.29) is 17.4 Å². The number of nitrogens with one attached hydrogen (secondary N) is 2. The molecule has 1 aromatic heterocycles. The van der Waals surface area contributed by atoms with Crippen molar-refractivity contribution in [2.45, 2.75) is 37.8 Å². The number of hydrogen-bond donors (Lipinski definition) is 3. The van der Waals surface area contributed by atoms with Gasteiger partial charge in [-0.05, 0) is 44.5 Å². The summed E-state index contributed by atoms with van der Waals surface area (Å²) >= 11 is 0. The van der Waals surface area contributed by atoms with Crippen molar-refractivity contribution in [3.63, 3.8) is 0 Å². The third-order valence-corrected chi connectivity index (χ3v) is 4.90. The van der Waals surface area contributed by atoms with Gasteiger partial charge in [0.15, 0.2) is 5.96 Å². The molecule has 0 unspecified atom stereocenters. The average Bonchev–Trinajstić information content (AvgIpc) is 2.52. The van der Waals surface area contributed by atoms with Crippen molar-refractivity contribution in [1.29, 1.82) is 0 Å². The van der Waals surface area contributed by atoms with Crippen LogP contribution in [0.1, 0.15) is 26.3 Å². The van der Waals surface area contributed by atoms with Crippen LogP contribution in [0.15, 0.2) is 58.5 Å². The lowest BCUT2D eigenvalue weighted by Gasteiger charge is -2.21. The van der Waals surface area contributed by atoms with Crippen LogP contribution in [0.2, 0.25) is 0 Å². The zero-order valence-electron chi connectivity index (χ0n) is 14.5. The van der Waals surface area contributed by atoms with Crippen LogP contribution in [0, 0.1) is 0 Å². The van der Waals surface area contributed by atoms with Gasteiger partial charge in [-0.2, -0.15) is 0 Å². The number of rotatable bonds is 5. The van der Waals surface area contributed by atoms with Gasteiger partial charge in [0, 0.05) is 11.7 Å². The van der Waals surface area contributed by atoms with Crippen molar-refractivity contribution in [2.24, 2.45) is 10.7 Å². The number of aliphatic imine (C=N–C) groups is 1. The van der Waals surface area contributed by atoms with E-state index < -0.39 is 15.6 Å². The van der Waals surface area contributed by atoms with Gasteiger partial charge >= 0.3 is 0 Å². The fourth-order valence-corrected chi connectivity index (χ4v) is 3.78. The Balaban J connectivity index is 2.19. The standard InChI is InChI=1S/C17H23N5O2S/c1-17(2,3)22-25(23,24)14-9-5-4-8-13(14)12-20-16(18)21-15-10-6-7-11-19-15/h4-11,22H,12H2,1-3H3,(H3,18,19,20,21). The van der Waals surface area contributed by atoms with E-state index in [9.17, 15) is 8.42 Å². The van der Waals surface area contributed by atoms with E-state index in [1.165, 1.54) is 0 Å². The van der Waals surface area contributed by atoms with Crippen LogP contribution in [0.3, 0.4) is 0 Å². The third-order valence-electron chi connectivity index (χ3n) is 3.04. The molecule has 0 saturated carbocycles. The fraction of sp³-hybridized carbons (Fsp3) is 0.294. The molecule has 7 nitrogen and oxygen atoms in total. The molecule has 4 N–H and O–H groups in total. The Morgan fingerprint density at radius 2 is 1.84 bits per heavy atom. The van der Waals surface area contributed by atoms with Crippen LogP contribution >= 0.6 is 0 Å². The lowest BCUT2D eigenvalue weighted by Crippen LogP contribution is -2.40. The predicted octanol–water partition coefficient (Wildman–Crippen LogP) is 2.09. The average molecular weight is 361 g/mol. The van der Waals surface area contributed by atoms with Gasteiger partial charge in [-0.25, -0.2) is 23.1 Å². The van der Waals surface area contributed by atoms with Gasteiger partial charge in [0.25, 0.3) is 0 Å². The lowest BCUT2D eigenvalue weighted by molar-refractivity contribution is 0.491. The molecule has 0 atom stereocenters. The monoisotopic (exact) mass is 361 g/mol. The number of nitrogens with zero attached hydrogens (tertiary/aromatic N) is 2. The van der Waals surface area contributed by atoms with Gasteiger partial charge < -0.3 is 11.1 Å². The van der Waals surface area contributed by atoms with Crippen LogP contribution in [0.25, 0.3) is 0 Å². The van der Waals surface area contributed by atoms with Crippen molar-refractivity contribution in [3.8, 4) is 0 Å². The molecule has 0 radical (unpaired) electrons. The predicted molar refractivity (Wildman–Crippen MR) is 99.7 cm³/mol. The zero-order valence-corrected chi connectivity index (χ0v) is 15.3. The van der Waals surface area contributed by atoms with Crippen molar-refractivity contribution < 1.29 is 8.42 Å². The lowest BCUT2D eigenvalue weighted by atomic mass is 10.1. The number of hydrogen-bond acceptors (Lipinski definition) is 4. The molecule has 1 heterocycles. The smallest absolute Gasteiger partial charge is 0.241 e. The number of pyridine rings is 1. The molecule has 0 aliphatic carbocycles. The second kappa shape index (κ2) is 7.62. The molecule has 0 spiro atoms. The molecular weight excluding hydrogens is 338 g/mol. The Labute approximate surface area is 148 Å². The number of anilines is 1. The molecule has 0 aliphatic heterocycles. The third kappa shape index (κ3) is 5.84. The highest BCUT2D eigenvalue weighted by atomic mass is 32.2. The maximum atomic E-state index is 12.6. The Bertz CT molecular complexity index is 843. The van der Waals surface area contributed by atoms with E-state index in [4.69, 9.17) is 5.73 Å². The summed E-state index contributed by atoms with van der Waals surface area (Å²) in [4.78, 5) is 8.50. The molecule has 1 aromatic carbocycles. The summed E-state index contributed by atoms with van der Waals surface area (Å²) in [5, 5.41) is 2.86. The summed E-state index contributed by atoms with van der Waals surface area (Å²) in [6.07, 6.45) is 1.63. The molecule has 2 rings (SSSR count). The Morgan fingerprint density at radius 1 is 1.16 bits per heavy atom. The topological polar surface area (TPSA) is 109 Å². The molecule has 2 aromatic rings. The maximum absolute atomic E-state index is 12.6. The molecule has 0 amide bonds. The van der Waals surface area contributed by atoms with Gasteiger partial charge in [-0.1, -0.05) is 24.3 Å². The van der Waals surface area contributed by atoms with Crippen LogP contribution in [-0.4, -0.2) is 24.9 Å². The molecule has 0 saturated heterocycles. The molecule has 0 aliphatic rings. The van der Waals surface area contributed by atoms with Gasteiger partial charge in [0.1, 0.15) is 5.82 Å². The molecule has 0 fully saturated rings. The van der Waals surface area contributed by atoms with Gasteiger partial charge in [-0.3, -0.25) is 0 Å². The highest BCUT2D eigenvalue weighted by molar-refractivity contribution is 7.89. The molecular formula is C17H23N5O2S. The van der Waals surface area contributed by atoms with E-state index in [2.05, 4.69) is 20.0 Å². The molecule has 0 bridgehead atoms. The minimum Gasteiger partial charge on any atom is -0.370 e. The Kier molecular flexibility index (Phi) is 5.76. The summed E-state index contributed by atoms with van der Waals surface area (Å²) in [6, 6.07) is 12.1. The highest BCUT2D eigenvalue weighted by Crippen LogP contribution is 2.18. The second-order valence-corrected chi connectivity index (χ2v) is 8.16. The van der Waals surface area contributed by atoms with Crippen LogP contribution in [-0.2, 0) is 16.6 Å². The largest absolute Gasteiger partial charge is 0.370 e. The van der Waals surface area contributed by atoms with Crippen LogP contribution in [0.4, 0.5) is 5.82 Å². The number of aromatic nitrogens is 1. The van der Waals surface area contributed by atoms with E-state index in [1.54, 1.807) is 63.4 Å². The van der Waals surface area contributed by atoms with Crippen molar-refractivity contribution >= 4 is 21.8 Å². The summed E-state index contributed by atoms with van der Waals surface area (Å²) in [6.45, 7) is 5.51. The number of benzene rings is 1. The van der Waals surface area contributed by atoms with E-state index in [0.717, 1.165) is 0 Å². The first-order valence-corrected chi connectivity index (χ1v) is 9.25. The van der Waals surface area contributed by atoms with Crippen molar-refractivity contribution in [1.82, 2.24) is 9.71 Å². The van der Waals surface area contributed by atoms with Crippen molar-refractivity contribution in [2.75, 3.05) is 5.32 Å². The first-order valence-electron chi connectivity index (χ1n) is 7.77. The van der Waals surface area contributed by atoms with E-state index in [0.29, 0.717) is 11.4 Å². The molecule has 134 valence electrons. The number of guanidine groups is 1. The first-order chi connectivity index (χ1) is 11.7. The summed E-state index contributed by atoms with van der Waals surface area (Å²) in [7, 11) is -3.65. The van der Waals surface area contributed by atoms with Gasteiger partial charge in [-0.15, -0.1) is 0 Å². The minimum atomic E-state index is -3.65. The maximum Gasteiger partial charge on any atom is 0.241 e. The molecule has 8 heteroatoms. The van der Waals surface area contributed by atoms with Crippen LogP contribution < -0.4 is 15.8 Å². The number of nitrogens with two attached hydrogens (primary N) is 1. The fourth-order valence-electron chi connectivity index (χ4n) is 2.13. The first kappa shape index (κ1) is 18.9.